The fraction of sp³-hybridized carbons (Fsp3) is 0.833. The van der Waals surface area contributed by atoms with E-state index in [1.165, 1.54) is 25.7 Å². The molecule has 98 valence electrons. The van der Waals surface area contributed by atoms with Gasteiger partial charge in [0.2, 0.25) is 5.91 Å². The highest BCUT2D eigenvalue weighted by atomic mass is 32.1. The highest BCUT2D eigenvalue weighted by Gasteiger charge is 2.18. The summed E-state index contributed by atoms with van der Waals surface area (Å²) < 4.78 is 0. The van der Waals surface area contributed by atoms with Crippen LogP contribution in [0.5, 0.6) is 0 Å². The lowest BCUT2D eigenvalue weighted by atomic mass is 10.2. The Morgan fingerprint density at radius 3 is 2.65 bits per heavy atom. The number of hydrogen-bond donors (Lipinski definition) is 3. The molecule has 1 aliphatic carbocycles. The molecule has 1 amide bonds. The second kappa shape index (κ2) is 7.48. The third-order valence-corrected chi connectivity index (χ3v) is 3.22. The molecular formula is C12H23N3OS. The molecule has 17 heavy (non-hydrogen) atoms. The van der Waals surface area contributed by atoms with Crippen molar-refractivity contribution in [1.82, 2.24) is 16.0 Å². The summed E-state index contributed by atoms with van der Waals surface area (Å²) in [6, 6.07) is 0.212. The third kappa shape index (κ3) is 5.35. The summed E-state index contributed by atoms with van der Waals surface area (Å²) in [5.74, 6) is 0.00224. The number of carbonyl (C=O) groups excluding carboxylic acids is 1. The van der Waals surface area contributed by atoms with Gasteiger partial charge >= 0.3 is 0 Å². The van der Waals surface area contributed by atoms with Gasteiger partial charge < -0.3 is 16.0 Å². The van der Waals surface area contributed by atoms with E-state index in [0.717, 1.165) is 6.42 Å². The van der Waals surface area contributed by atoms with E-state index < -0.39 is 0 Å². The maximum atomic E-state index is 11.6. The van der Waals surface area contributed by atoms with Crippen LogP contribution >= 0.6 is 12.2 Å². The summed E-state index contributed by atoms with van der Waals surface area (Å²) in [7, 11) is 0. The first-order valence-electron chi connectivity index (χ1n) is 6.48. The van der Waals surface area contributed by atoms with Crippen LogP contribution in [0, 0.1) is 0 Å². The van der Waals surface area contributed by atoms with Crippen molar-refractivity contribution in [3.63, 3.8) is 0 Å². The van der Waals surface area contributed by atoms with E-state index >= 15 is 0 Å². The predicted molar refractivity (Wildman–Crippen MR) is 73.9 cm³/mol. The van der Waals surface area contributed by atoms with Gasteiger partial charge in [-0.3, -0.25) is 4.79 Å². The number of hydrogen-bond acceptors (Lipinski definition) is 2. The van der Waals surface area contributed by atoms with Crippen LogP contribution in [-0.4, -0.2) is 29.6 Å². The lowest BCUT2D eigenvalue weighted by Gasteiger charge is -2.19. The Hall–Kier alpha value is -0.840. The summed E-state index contributed by atoms with van der Waals surface area (Å²) in [6.07, 6.45) is 5.85. The average molecular weight is 257 g/mol. The summed E-state index contributed by atoms with van der Waals surface area (Å²) in [5, 5.41) is 9.72. The minimum atomic E-state index is -0.275. The van der Waals surface area contributed by atoms with Crippen LogP contribution < -0.4 is 16.0 Å². The highest BCUT2D eigenvalue weighted by Crippen LogP contribution is 2.17. The predicted octanol–water partition coefficient (Wildman–Crippen LogP) is 1.31. The fourth-order valence-corrected chi connectivity index (χ4v) is 2.30. The quantitative estimate of drug-likeness (QED) is 0.650. The molecule has 0 bridgehead atoms. The molecule has 0 heterocycles. The molecule has 0 spiro atoms. The molecule has 0 saturated heterocycles. The average Bonchev–Trinajstić information content (AvgIpc) is 2.78. The maximum absolute atomic E-state index is 11.6. The molecule has 1 fully saturated rings. The van der Waals surface area contributed by atoms with Crippen molar-refractivity contribution >= 4 is 23.2 Å². The molecule has 0 aromatic rings. The monoisotopic (exact) mass is 257 g/mol. The second-order valence-corrected chi connectivity index (χ2v) is 5.02. The van der Waals surface area contributed by atoms with Gasteiger partial charge in [0.1, 0.15) is 6.04 Å². The Kier molecular flexibility index (Phi) is 6.26. The first kappa shape index (κ1) is 14.2. The van der Waals surface area contributed by atoms with Gasteiger partial charge in [-0.2, -0.15) is 0 Å². The molecule has 0 aliphatic heterocycles. The van der Waals surface area contributed by atoms with Crippen molar-refractivity contribution in [2.75, 3.05) is 6.54 Å². The van der Waals surface area contributed by atoms with E-state index in [4.69, 9.17) is 12.2 Å². The van der Waals surface area contributed by atoms with Crippen LogP contribution in [-0.2, 0) is 4.79 Å². The van der Waals surface area contributed by atoms with Crippen LogP contribution in [0.15, 0.2) is 0 Å². The lowest BCUT2D eigenvalue weighted by Crippen LogP contribution is -2.50. The summed E-state index contributed by atoms with van der Waals surface area (Å²) in [6.45, 7) is 4.58. The number of carbonyl (C=O) groups is 1. The van der Waals surface area contributed by atoms with Crippen molar-refractivity contribution in [2.24, 2.45) is 0 Å². The zero-order chi connectivity index (χ0) is 12.7. The molecule has 1 saturated carbocycles. The SMILES string of the molecule is CCCNC(=O)C(C)NC(=S)NC1CCCC1. The van der Waals surface area contributed by atoms with E-state index in [1.807, 2.05) is 13.8 Å². The summed E-state index contributed by atoms with van der Waals surface area (Å²) in [4.78, 5) is 11.6. The van der Waals surface area contributed by atoms with Gasteiger partial charge in [-0.25, -0.2) is 0 Å². The van der Waals surface area contributed by atoms with Crippen LogP contribution in [0.1, 0.15) is 46.0 Å². The minimum Gasteiger partial charge on any atom is -0.360 e. The van der Waals surface area contributed by atoms with E-state index in [0.29, 0.717) is 17.7 Å². The van der Waals surface area contributed by atoms with Crippen molar-refractivity contribution in [1.29, 1.82) is 0 Å². The lowest BCUT2D eigenvalue weighted by molar-refractivity contribution is -0.122. The molecular weight excluding hydrogens is 234 g/mol. The van der Waals surface area contributed by atoms with Crippen LogP contribution in [0.3, 0.4) is 0 Å². The molecule has 4 nitrogen and oxygen atoms in total. The van der Waals surface area contributed by atoms with Gasteiger partial charge in [-0.1, -0.05) is 19.8 Å². The van der Waals surface area contributed by atoms with E-state index in [9.17, 15) is 4.79 Å². The standard InChI is InChI=1S/C12H23N3OS/c1-3-8-13-11(16)9(2)14-12(17)15-10-6-4-5-7-10/h9-10H,3-8H2,1-2H3,(H,13,16)(H2,14,15,17). The number of rotatable bonds is 5. The fourth-order valence-electron chi connectivity index (χ4n) is 1.96. The number of thiocarbonyl (C=S) groups is 1. The highest BCUT2D eigenvalue weighted by molar-refractivity contribution is 7.80. The molecule has 5 heteroatoms. The van der Waals surface area contributed by atoms with E-state index in [-0.39, 0.29) is 11.9 Å². The minimum absolute atomic E-state index is 0.00224. The van der Waals surface area contributed by atoms with Gasteiger partial charge in [0.05, 0.1) is 0 Å². The molecule has 1 unspecified atom stereocenters. The van der Waals surface area contributed by atoms with Gasteiger partial charge in [-0.05, 0) is 38.4 Å². The Labute approximate surface area is 109 Å². The van der Waals surface area contributed by atoms with Crippen molar-refractivity contribution < 1.29 is 4.79 Å². The Morgan fingerprint density at radius 1 is 1.41 bits per heavy atom. The Morgan fingerprint density at radius 2 is 2.06 bits per heavy atom. The molecule has 3 N–H and O–H groups in total. The molecule has 1 aliphatic rings. The third-order valence-electron chi connectivity index (χ3n) is 2.98. The maximum Gasteiger partial charge on any atom is 0.242 e. The van der Waals surface area contributed by atoms with Crippen molar-refractivity contribution in [2.45, 2.75) is 58.0 Å². The zero-order valence-corrected chi connectivity index (χ0v) is 11.5. The zero-order valence-electron chi connectivity index (χ0n) is 10.7. The normalized spacial score (nSPS) is 17.5. The molecule has 0 radical (unpaired) electrons. The van der Waals surface area contributed by atoms with Crippen molar-refractivity contribution in [3.8, 4) is 0 Å². The van der Waals surface area contributed by atoms with Crippen molar-refractivity contribution in [3.05, 3.63) is 0 Å². The molecule has 0 aromatic heterocycles. The number of amides is 1. The smallest absolute Gasteiger partial charge is 0.242 e. The van der Waals surface area contributed by atoms with Crippen LogP contribution in [0.25, 0.3) is 0 Å². The summed E-state index contributed by atoms with van der Waals surface area (Å²) in [5.41, 5.74) is 0. The summed E-state index contributed by atoms with van der Waals surface area (Å²) >= 11 is 5.20. The Balaban J connectivity index is 2.22. The largest absolute Gasteiger partial charge is 0.360 e. The van der Waals surface area contributed by atoms with E-state index in [1.54, 1.807) is 0 Å². The first-order chi connectivity index (χ1) is 8.13. The van der Waals surface area contributed by atoms with Gasteiger partial charge in [0, 0.05) is 12.6 Å². The Bertz CT molecular complexity index is 264. The van der Waals surface area contributed by atoms with Crippen LogP contribution in [0.2, 0.25) is 0 Å². The topological polar surface area (TPSA) is 53.2 Å². The molecule has 1 rings (SSSR count). The van der Waals surface area contributed by atoms with E-state index in [2.05, 4.69) is 16.0 Å². The second-order valence-electron chi connectivity index (χ2n) is 4.61. The number of nitrogens with one attached hydrogen (secondary N) is 3. The van der Waals surface area contributed by atoms with Gasteiger partial charge in [0.15, 0.2) is 5.11 Å². The molecule has 0 aromatic carbocycles. The van der Waals surface area contributed by atoms with Crippen LogP contribution in [0.4, 0.5) is 0 Å². The molecule has 1 atom stereocenters. The first-order valence-corrected chi connectivity index (χ1v) is 6.89. The van der Waals surface area contributed by atoms with Gasteiger partial charge in [-0.15, -0.1) is 0 Å². The van der Waals surface area contributed by atoms with Gasteiger partial charge in [0.25, 0.3) is 0 Å².